The van der Waals surface area contributed by atoms with E-state index in [1.807, 2.05) is 6.07 Å². The van der Waals surface area contributed by atoms with Crippen LogP contribution in [0.3, 0.4) is 0 Å². The highest BCUT2D eigenvalue weighted by Crippen LogP contribution is 2.39. The van der Waals surface area contributed by atoms with Crippen molar-refractivity contribution in [2.24, 2.45) is 0 Å². The highest BCUT2D eigenvalue weighted by Gasteiger charge is 2.35. The third-order valence-corrected chi connectivity index (χ3v) is 10.1. The van der Waals surface area contributed by atoms with E-state index < -0.39 is 8.07 Å². The molecule has 1 rings (SSSR count). The lowest BCUT2D eigenvalue weighted by Crippen LogP contribution is -2.39. The minimum absolute atomic E-state index is 0.462. The standard InChI is InChI=1S/C11H19ClSSi/c1-11(2,3)14(4,5)8-9-6-7-10(12)13-9/h6-7H,8H2,1-5H3. The molecular formula is C11H19ClSSi. The molecule has 0 aliphatic rings. The van der Waals surface area contributed by atoms with Crippen molar-refractivity contribution in [1.29, 1.82) is 0 Å². The highest BCUT2D eigenvalue weighted by molar-refractivity contribution is 7.16. The van der Waals surface area contributed by atoms with Crippen LogP contribution >= 0.6 is 22.9 Å². The third kappa shape index (κ3) is 2.85. The van der Waals surface area contributed by atoms with Crippen molar-refractivity contribution in [3.05, 3.63) is 21.3 Å². The van der Waals surface area contributed by atoms with Crippen molar-refractivity contribution in [3.63, 3.8) is 0 Å². The summed E-state index contributed by atoms with van der Waals surface area (Å²) in [7, 11) is -1.18. The van der Waals surface area contributed by atoms with Crippen LogP contribution in [-0.4, -0.2) is 8.07 Å². The van der Waals surface area contributed by atoms with Crippen LogP contribution in [0.25, 0.3) is 0 Å². The molecule has 0 N–H and O–H groups in total. The second kappa shape index (κ2) is 3.99. The number of rotatable bonds is 2. The molecule has 0 atom stereocenters. The first-order chi connectivity index (χ1) is 6.22. The average Bonchev–Trinajstić information content (AvgIpc) is 2.31. The minimum Gasteiger partial charge on any atom is -0.129 e. The molecule has 0 saturated carbocycles. The zero-order valence-electron chi connectivity index (χ0n) is 9.65. The molecule has 0 saturated heterocycles. The van der Waals surface area contributed by atoms with Gasteiger partial charge in [-0.05, 0) is 23.2 Å². The smallest absolute Gasteiger partial charge is 0.0931 e. The number of thiophene rings is 1. The van der Waals surface area contributed by atoms with Gasteiger partial charge in [0.2, 0.25) is 0 Å². The molecule has 0 spiro atoms. The molecule has 0 aliphatic carbocycles. The van der Waals surface area contributed by atoms with Gasteiger partial charge in [-0.2, -0.15) is 0 Å². The van der Waals surface area contributed by atoms with E-state index in [9.17, 15) is 0 Å². The first kappa shape index (κ1) is 12.3. The lowest BCUT2D eigenvalue weighted by molar-refractivity contribution is 0.714. The fourth-order valence-corrected chi connectivity index (χ4v) is 4.92. The molecular weight excluding hydrogens is 228 g/mol. The quantitative estimate of drug-likeness (QED) is 0.645. The Morgan fingerprint density at radius 1 is 1.29 bits per heavy atom. The second-order valence-electron chi connectivity index (χ2n) is 5.52. The second-order valence-corrected chi connectivity index (χ2v) is 12.9. The maximum atomic E-state index is 5.94. The van der Waals surface area contributed by atoms with E-state index >= 15 is 0 Å². The van der Waals surface area contributed by atoms with Gasteiger partial charge in [-0.15, -0.1) is 11.3 Å². The molecule has 1 aromatic rings. The van der Waals surface area contributed by atoms with Gasteiger partial charge in [-0.3, -0.25) is 0 Å². The molecule has 80 valence electrons. The first-order valence-corrected chi connectivity index (χ1v) is 9.37. The van der Waals surface area contributed by atoms with Crippen LogP contribution in [0.5, 0.6) is 0 Å². The van der Waals surface area contributed by atoms with E-state index in [0.29, 0.717) is 5.04 Å². The van der Waals surface area contributed by atoms with Crippen LogP contribution in [0.1, 0.15) is 25.6 Å². The summed E-state index contributed by atoms with van der Waals surface area (Å²) < 4.78 is 0.915. The van der Waals surface area contributed by atoms with Gasteiger partial charge in [-0.1, -0.05) is 45.5 Å². The van der Waals surface area contributed by atoms with Crippen LogP contribution in [0.15, 0.2) is 12.1 Å². The van der Waals surface area contributed by atoms with E-state index in [-0.39, 0.29) is 0 Å². The van der Waals surface area contributed by atoms with Crippen LogP contribution in [0.2, 0.25) is 22.5 Å². The zero-order valence-corrected chi connectivity index (χ0v) is 12.2. The van der Waals surface area contributed by atoms with Gasteiger partial charge < -0.3 is 0 Å². The van der Waals surface area contributed by atoms with Crippen LogP contribution in [0.4, 0.5) is 0 Å². The van der Waals surface area contributed by atoms with Crippen LogP contribution in [-0.2, 0) is 6.04 Å². The number of hydrogen-bond acceptors (Lipinski definition) is 1. The van der Waals surface area contributed by atoms with E-state index in [0.717, 1.165) is 4.34 Å². The number of hydrogen-bond donors (Lipinski definition) is 0. The Morgan fingerprint density at radius 2 is 1.86 bits per heavy atom. The molecule has 0 bridgehead atoms. The van der Waals surface area contributed by atoms with E-state index in [1.54, 1.807) is 11.3 Å². The summed E-state index contributed by atoms with van der Waals surface area (Å²) in [6, 6.07) is 5.43. The predicted molar refractivity (Wildman–Crippen MR) is 70.2 cm³/mol. The Morgan fingerprint density at radius 3 is 2.21 bits per heavy atom. The van der Waals surface area contributed by atoms with Crippen molar-refractivity contribution in [2.45, 2.75) is 44.9 Å². The molecule has 0 fully saturated rings. The van der Waals surface area contributed by atoms with Crippen molar-refractivity contribution in [2.75, 3.05) is 0 Å². The minimum atomic E-state index is -1.18. The van der Waals surface area contributed by atoms with Gasteiger partial charge in [-0.25, -0.2) is 0 Å². The Kier molecular flexibility index (Phi) is 3.50. The number of halogens is 1. The molecule has 1 aromatic heterocycles. The summed E-state index contributed by atoms with van der Waals surface area (Å²) in [5.41, 5.74) is 0. The molecule has 0 unspecified atom stereocenters. The van der Waals surface area contributed by atoms with Gasteiger partial charge in [0.05, 0.1) is 12.4 Å². The third-order valence-electron chi connectivity index (χ3n) is 3.28. The topological polar surface area (TPSA) is 0 Å². The van der Waals surface area contributed by atoms with Crippen molar-refractivity contribution < 1.29 is 0 Å². The molecule has 14 heavy (non-hydrogen) atoms. The van der Waals surface area contributed by atoms with Crippen LogP contribution < -0.4 is 0 Å². The summed E-state index contributed by atoms with van der Waals surface area (Å²) in [6.45, 7) is 12.0. The maximum Gasteiger partial charge on any atom is 0.0931 e. The van der Waals surface area contributed by atoms with Gasteiger partial charge in [0.25, 0.3) is 0 Å². The van der Waals surface area contributed by atoms with Gasteiger partial charge in [0.15, 0.2) is 0 Å². The Labute approximate surface area is 97.3 Å². The summed E-state index contributed by atoms with van der Waals surface area (Å²) in [5.74, 6) is 0. The fraction of sp³-hybridized carbons (Fsp3) is 0.636. The SMILES string of the molecule is CC(C)(C)[Si](C)(C)Cc1ccc(Cl)s1. The van der Waals surface area contributed by atoms with E-state index in [4.69, 9.17) is 11.6 Å². The maximum absolute atomic E-state index is 5.94. The molecule has 0 amide bonds. The van der Waals surface area contributed by atoms with Crippen molar-refractivity contribution in [1.82, 2.24) is 0 Å². The van der Waals surface area contributed by atoms with Crippen LogP contribution in [0, 0.1) is 0 Å². The van der Waals surface area contributed by atoms with Gasteiger partial charge in [0.1, 0.15) is 0 Å². The fourth-order valence-electron chi connectivity index (χ4n) is 1.15. The summed E-state index contributed by atoms with van der Waals surface area (Å²) in [4.78, 5) is 1.45. The Bertz CT molecular complexity index is 309. The average molecular weight is 247 g/mol. The highest BCUT2D eigenvalue weighted by atomic mass is 35.5. The summed E-state index contributed by atoms with van der Waals surface area (Å²) in [5, 5.41) is 0.462. The first-order valence-electron chi connectivity index (χ1n) is 4.97. The lowest BCUT2D eigenvalue weighted by Gasteiger charge is -2.36. The molecule has 0 nitrogen and oxygen atoms in total. The Hall–Kier alpha value is 0.207. The molecule has 0 radical (unpaired) electrons. The van der Waals surface area contributed by atoms with E-state index in [2.05, 4.69) is 39.9 Å². The predicted octanol–water partition coefficient (Wildman–Crippen LogP) is 4.99. The normalized spacial score (nSPS) is 13.3. The molecule has 0 aliphatic heterocycles. The monoisotopic (exact) mass is 246 g/mol. The molecule has 0 aromatic carbocycles. The Balaban J connectivity index is 2.78. The molecule has 1 heterocycles. The van der Waals surface area contributed by atoms with Crippen molar-refractivity contribution in [3.8, 4) is 0 Å². The van der Waals surface area contributed by atoms with Gasteiger partial charge in [0, 0.05) is 4.88 Å². The lowest BCUT2D eigenvalue weighted by atomic mass is 10.2. The summed E-state index contributed by atoms with van der Waals surface area (Å²) >= 11 is 7.67. The van der Waals surface area contributed by atoms with Gasteiger partial charge >= 0.3 is 0 Å². The molecule has 3 heteroatoms. The summed E-state index contributed by atoms with van der Waals surface area (Å²) in [6.07, 6.45) is 0. The largest absolute Gasteiger partial charge is 0.129 e. The van der Waals surface area contributed by atoms with E-state index in [1.165, 1.54) is 10.9 Å². The zero-order chi connectivity index (χ0) is 11.0. The van der Waals surface area contributed by atoms with Crippen molar-refractivity contribution >= 4 is 31.0 Å².